The van der Waals surface area contributed by atoms with Crippen LogP contribution in [0.5, 0.6) is 40.2 Å². The Labute approximate surface area is 256 Å². The van der Waals surface area contributed by atoms with Gasteiger partial charge in [-0.15, -0.1) is 0 Å². The van der Waals surface area contributed by atoms with Gasteiger partial charge in [-0.3, -0.25) is 0 Å². The van der Waals surface area contributed by atoms with Gasteiger partial charge in [-0.05, 0) is 42.7 Å². The molecule has 4 aliphatic rings. The van der Waals surface area contributed by atoms with Gasteiger partial charge in [0.1, 0.15) is 35.1 Å². The van der Waals surface area contributed by atoms with E-state index in [1.807, 2.05) is 48.5 Å². The molecule has 10 nitrogen and oxygen atoms in total. The smallest absolute Gasteiger partial charge is 0.231 e. The number of aliphatic hydroxyl groups is 1. The van der Waals surface area contributed by atoms with Gasteiger partial charge >= 0.3 is 0 Å². The molecule has 6 atom stereocenters. The second-order valence-corrected chi connectivity index (χ2v) is 12.1. The van der Waals surface area contributed by atoms with E-state index in [1.54, 1.807) is 21.3 Å². The van der Waals surface area contributed by atoms with E-state index < -0.39 is 17.8 Å². The summed E-state index contributed by atoms with van der Waals surface area (Å²) in [5.74, 6) is 4.31. The number of hydrogen-bond acceptors (Lipinski definition) is 10. The Kier molecular flexibility index (Phi) is 7.39. The molecule has 4 aliphatic heterocycles. The lowest BCUT2D eigenvalue weighted by Crippen LogP contribution is -2.39. The summed E-state index contributed by atoms with van der Waals surface area (Å²) in [6.07, 6.45) is -1.04. The van der Waals surface area contributed by atoms with Crippen molar-refractivity contribution in [3.05, 3.63) is 65.2 Å². The monoisotopic (exact) mass is 606 g/mol. The largest absolute Gasteiger partial charge is 0.496 e. The predicted octanol–water partition coefficient (Wildman–Crippen LogP) is 5.56. The molecular weight excluding hydrogens is 568 g/mol. The lowest BCUT2D eigenvalue weighted by Gasteiger charge is -2.36. The molecule has 0 radical (unpaired) electrons. The van der Waals surface area contributed by atoms with Gasteiger partial charge in [-0.1, -0.05) is 26.0 Å². The van der Waals surface area contributed by atoms with Crippen LogP contribution in [0.4, 0.5) is 0 Å². The predicted molar refractivity (Wildman–Crippen MR) is 158 cm³/mol. The Morgan fingerprint density at radius 3 is 2.27 bits per heavy atom. The fraction of sp³-hybridized carbons (Fsp3) is 0.471. The highest BCUT2D eigenvalue weighted by Gasteiger charge is 2.61. The van der Waals surface area contributed by atoms with E-state index in [1.165, 1.54) is 0 Å². The zero-order valence-electron chi connectivity index (χ0n) is 25.5. The van der Waals surface area contributed by atoms with Crippen molar-refractivity contribution in [2.45, 2.75) is 50.3 Å². The summed E-state index contributed by atoms with van der Waals surface area (Å²) in [5.41, 5.74) is 1.04. The first-order valence-electron chi connectivity index (χ1n) is 15.0. The van der Waals surface area contributed by atoms with E-state index in [-0.39, 0.29) is 38.1 Å². The van der Waals surface area contributed by atoms with E-state index in [0.717, 1.165) is 23.3 Å². The Hall–Kier alpha value is -3.86. The summed E-state index contributed by atoms with van der Waals surface area (Å²) in [6.45, 7) is 4.86. The van der Waals surface area contributed by atoms with Crippen molar-refractivity contribution < 1.29 is 47.7 Å². The lowest BCUT2D eigenvalue weighted by atomic mass is 9.80. The highest BCUT2D eigenvalue weighted by molar-refractivity contribution is 5.55. The maximum Gasteiger partial charge on any atom is 0.231 e. The molecule has 0 spiro atoms. The first-order chi connectivity index (χ1) is 21.3. The van der Waals surface area contributed by atoms with Gasteiger partial charge in [0.05, 0.1) is 46.2 Å². The van der Waals surface area contributed by atoms with Crippen LogP contribution in [0.3, 0.4) is 0 Å². The molecular formula is C34H38O10. The molecule has 234 valence electrons. The molecule has 3 aromatic rings. The molecule has 0 amide bonds. The van der Waals surface area contributed by atoms with Gasteiger partial charge in [0.25, 0.3) is 0 Å². The summed E-state index contributed by atoms with van der Waals surface area (Å²) in [6, 6.07) is 15.1. The molecule has 0 saturated carbocycles. The Morgan fingerprint density at radius 1 is 0.818 bits per heavy atom. The second kappa shape index (κ2) is 11.3. The lowest BCUT2D eigenvalue weighted by molar-refractivity contribution is -0.0643. The van der Waals surface area contributed by atoms with Gasteiger partial charge in [0, 0.05) is 23.1 Å². The number of fused-ring (bicyclic) bond motifs is 3. The fourth-order valence-corrected chi connectivity index (χ4v) is 6.92. The summed E-state index contributed by atoms with van der Waals surface area (Å²) in [5, 5.41) is 12.1. The van der Waals surface area contributed by atoms with Crippen molar-refractivity contribution in [3.8, 4) is 40.2 Å². The Bertz CT molecular complexity index is 1520. The molecule has 7 rings (SSSR count). The van der Waals surface area contributed by atoms with Crippen molar-refractivity contribution in [1.29, 1.82) is 0 Å². The molecule has 0 bridgehead atoms. The maximum absolute atomic E-state index is 12.1. The first-order valence-corrected chi connectivity index (χ1v) is 15.0. The van der Waals surface area contributed by atoms with Crippen LogP contribution in [0, 0.1) is 11.8 Å². The number of methoxy groups -OCH3 is 3. The molecule has 3 aromatic carbocycles. The summed E-state index contributed by atoms with van der Waals surface area (Å²) >= 11 is 0. The quantitative estimate of drug-likeness (QED) is 0.351. The van der Waals surface area contributed by atoms with E-state index >= 15 is 0 Å². The minimum Gasteiger partial charge on any atom is -0.496 e. The van der Waals surface area contributed by atoms with Gasteiger partial charge in [-0.2, -0.15) is 0 Å². The molecule has 4 heterocycles. The van der Waals surface area contributed by atoms with Crippen LogP contribution < -0.4 is 33.2 Å². The zero-order valence-corrected chi connectivity index (χ0v) is 25.5. The molecule has 0 aromatic heterocycles. The average molecular weight is 607 g/mol. The Balaban J connectivity index is 1.21. The third-order valence-corrected chi connectivity index (χ3v) is 9.03. The summed E-state index contributed by atoms with van der Waals surface area (Å²) < 4.78 is 54.2. The number of benzene rings is 3. The van der Waals surface area contributed by atoms with Gasteiger partial charge in [0.15, 0.2) is 29.1 Å². The van der Waals surface area contributed by atoms with E-state index in [0.29, 0.717) is 46.0 Å². The number of ether oxygens (including phenoxy) is 9. The first kappa shape index (κ1) is 28.9. The topological polar surface area (TPSA) is 103 Å². The molecule has 0 unspecified atom stereocenters. The van der Waals surface area contributed by atoms with Gasteiger partial charge in [-0.25, -0.2) is 0 Å². The minimum atomic E-state index is -1.32. The third kappa shape index (κ3) is 4.67. The van der Waals surface area contributed by atoms with Crippen LogP contribution in [0.15, 0.2) is 48.5 Å². The van der Waals surface area contributed by atoms with Crippen LogP contribution >= 0.6 is 0 Å². The van der Waals surface area contributed by atoms with Crippen molar-refractivity contribution in [2.24, 2.45) is 11.8 Å². The van der Waals surface area contributed by atoms with Crippen molar-refractivity contribution >= 4 is 0 Å². The van der Waals surface area contributed by atoms with E-state index in [4.69, 9.17) is 42.6 Å². The van der Waals surface area contributed by atoms with E-state index in [9.17, 15) is 5.11 Å². The van der Waals surface area contributed by atoms with Crippen molar-refractivity contribution in [1.82, 2.24) is 0 Å². The zero-order chi connectivity index (χ0) is 30.6. The number of rotatable bonds is 8. The standard InChI is InChI=1S/C34H38O10/c1-18(2)11-29-31(19-9-10-22-26(12-19)42-17-41-22)44-28-14-25(38-5)20(13-27(28)43-29)32-21-15-39-33(34(21,35)16-40-32)30-23(36-3)7-6-8-24(30)37-4/h6-10,12-14,18,21,29,31-33,35H,11,15-17H2,1-5H3/t21-,29+,31+,32+,33+,34-/m0/s1. The van der Waals surface area contributed by atoms with Gasteiger partial charge in [0.2, 0.25) is 6.79 Å². The van der Waals surface area contributed by atoms with Crippen LogP contribution in [-0.2, 0) is 9.47 Å². The van der Waals surface area contributed by atoms with Gasteiger partial charge < -0.3 is 47.7 Å². The van der Waals surface area contributed by atoms with Crippen LogP contribution in [0.1, 0.15) is 55.3 Å². The molecule has 2 fully saturated rings. The van der Waals surface area contributed by atoms with Crippen LogP contribution in [0.2, 0.25) is 0 Å². The SMILES string of the molecule is COc1cc2c(cc1[C@H]1OC[C@@]3(O)[C@@H](c4c(OC)cccc4OC)OC[C@@H]13)O[C@H](CC(C)C)[C@@H](c1ccc3c(c1)OCO3)O2. The van der Waals surface area contributed by atoms with Crippen molar-refractivity contribution in [2.75, 3.05) is 41.3 Å². The summed E-state index contributed by atoms with van der Waals surface area (Å²) in [7, 11) is 4.79. The van der Waals surface area contributed by atoms with E-state index in [2.05, 4.69) is 13.8 Å². The van der Waals surface area contributed by atoms with Crippen molar-refractivity contribution in [3.63, 3.8) is 0 Å². The molecule has 10 heteroatoms. The Morgan fingerprint density at radius 2 is 1.55 bits per heavy atom. The molecule has 2 saturated heterocycles. The third-order valence-electron chi connectivity index (χ3n) is 9.03. The molecule has 0 aliphatic carbocycles. The fourth-order valence-electron chi connectivity index (χ4n) is 6.92. The van der Waals surface area contributed by atoms with Crippen LogP contribution in [-0.4, -0.2) is 58.1 Å². The molecule has 1 N–H and O–H groups in total. The average Bonchev–Trinajstić information content (AvgIpc) is 3.72. The summed E-state index contributed by atoms with van der Waals surface area (Å²) in [4.78, 5) is 0. The second-order valence-electron chi connectivity index (χ2n) is 12.1. The normalized spacial score (nSPS) is 28.2. The number of hydrogen-bond donors (Lipinski definition) is 1. The highest BCUT2D eigenvalue weighted by Crippen LogP contribution is 2.58. The molecule has 44 heavy (non-hydrogen) atoms. The highest BCUT2D eigenvalue weighted by atomic mass is 16.7. The maximum atomic E-state index is 12.1. The minimum absolute atomic E-state index is 0.0635. The van der Waals surface area contributed by atoms with Crippen LogP contribution in [0.25, 0.3) is 0 Å².